The van der Waals surface area contributed by atoms with Crippen LogP contribution in [0.2, 0.25) is 0 Å². The van der Waals surface area contributed by atoms with E-state index in [4.69, 9.17) is 9.47 Å². The number of ether oxygens (including phenoxy) is 2. The Morgan fingerprint density at radius 2 is 0.816 bits per heavy atom. The van der Waals surface area contributed by atoms with E-state index < -0.39 is 6.09 Å². The molecular weight excluding hydrogens is 478 g/mol. The van der Waals surface area contributed by atoms with Crippen LogP contribution in [-0.4, -0.2) is 42.1 Å². The zero-order valence-corrected chi connectivity index (χ0v) is 25.3. The van der Waals surface area contributed by atoms with Gasteiger partial charge >= 0.3 is 12.1 Å². The van der Waals surface area contributed by atoms with Crippen molar-refractivity contribution in [2.45, 2.75) is 174 Å². The van der Waals surface area contributed by atoms with Crippen LogP contribution >= 0.6 is 0 Å². The second-order valence-corrected chi connectivity index (χ2v) is 11.0. The van der Waals surface area contributed by atoms with Crippen molar-refractivity contribution in [3.05, 3.63) is 0 Å². The van der Waals surface area contributed by atoms with Crippen LogP contribution in [0.1, 0.15) is 174 Å². The van der Waals surface area contributed by atoms with Crippen LogP contribution in [0.3, 0.4) is 0 Å². The van der Waals surface area contributed by atoms with Crippen molar-refractivity contribution in [1.82, 2.24) is 5.06 Å². The van der Waals surface area contributed by atoms with Crippen molar-refractivity contribution in [1.29, 1.82) is 0 Å². The zero-order valence-electron chi connectivity index (χ0n) is 25.3. The molecular formula is C32H63NO5. The van der Waals surface area contributed by atoms with Gasteiger partial charge in [-0.2, -0.15) is 5.06 Å². The van der Waals surface area contributed by atoms with E-state index in [9.17, 15) is 14.8 Å². The SMILES string of the molecule is CCCCCCCCCCCCCCCCOC(=O)CCN(O)C(=O)OCCCCCCCCCCCC. The summed E-state index contributed by atoms with van der Waals surface area (Å²) in [7, 11) is 0. The fourth-order valence-electron chi connectivity index (χ4n) is 4.67. The fourth-order valence-corrected chi connectivity index (χ4v) is 4.67. The van der Waals surface area contributed by atoms with Gasteiger partial charge in [0.2, 0.25) is 0 Å². The molecule has 6 heteroatoms. The molecule has 38 heavy (non-hydrogen) atoms. The van der Waals surface area contributed by atoms with Crippen molar-refractivity contribution in [2.75, 3.05) is 19.8 Å². The van der Waals surface area contributed by atoms with Crippen LogP contribution in [0.5, 0.6) is 0 Å². The van der Waals surface area contributed by atoms with Gasteiger partial charge in [-0.1, -0.05) is 155 Å². The van der Waals surface area contributed by atoms with Crippen molar-refractivity contribution in [3.63, 3.8) is 0 Å². The summed E-state index contributed by atoms with van der Waals surface area (Å²) < 4.78 is 10.3. The van der Waals surface area contributed by atoms with Crippen LogP contribution in [-0.2, 0) is 14.3 Å². The standard InChI is InChI=1S/C32H63NO5/c1-3-5-7-9-11-13-15-16-17-18-20-21-23-25-29-37-31(34)27-28-33(36)32(35)38-30-26-24-22-19-14-12-10-8-6-4-2/h36H,3-30H2,1-2H3. The van der Waals surface area contributed by atoms with Crippen LogP contribution in [0.25, 0.3) is 0 Å². The minimum absolute atomic E-state index is 0.0253. The lowest BCUT2D eigenvalue weighted by atomic mass is 10.0. The van der Waals surface area contributed by atoms with E-state index in [2.05, 4.69) is 13.8 Å². The highest BCUT2D eigenvalue weighted by Gasteiger charge is 2.14. The van der Waals surface area contributed by atoms with Crippen molar-refractivity contribution >= 4 is 12.1 Å². The number of hydroxylamine groups is 2. The normalized spacial score (nSPS) is 11.0. The molecule has 6 nitrogen and oxygen atoms in total. The highest BCUT2D eigenvalue weighted by molar-refractivity contribution is 5.71. The number of amides is 1. The Labute approximate surface area is 235 Å². The number of hydrogen-bond acceptors (Lipinski definition) is 5. The number of nitrogens with zero attached hydrogens (tertiary/aromatic N) is 1. The second-order valence-electron chi connectivity index (χ2n) is 11.0. The molecule has 0 aromatic heterocycles. The maximum atomic E-state index is 11.9. The number of carbonyl (C=O) groups excluding carboxylic acids is 2. The largest absolute Gasteiger partial charge is 0.466 e. The van der Waals surface area contributed by atoms with Gasteiger partial charge in [-0.3, -0.25) is 10.0 Å². The smallest absolute Gasteiger partial charge is 0.433 e. The maximum Gasteiger partial charge on any atom is 0.433 e. The molecule has 0 heterocycles. The molecule has 0 aliphatic rings. The number of esters is 1. The van der Waals surface area contributed by atoms with E-state index in [1.165, 1.54) is 122 Å². The van der Waals surface area contributed by atoms with Crippen LogP contribution in [0, 0.1) is 0 Å². The number of rotatable bonds is 29. The predicted molar refractivity (Wildman–Crippen MR) is 158 cm³/mol. The molecule has 0 radical (unpaired) electrons. The molecule has 0 aromatic carbocycles. The summed E-state index contributed by atoms with van der Waals surface area (Å²) in [6.07, 6.45) is 29.4. The van der Waals surface area contributed by atoms with Crippen LogP contribution < -0.4 is 0 Å². The Balaban J connectivity index is 3.40. The lowest BCUT2D eigenvalue weighted by molar-refractivity contribution is -0.146. The average molecular weight is 542 g/mol. The summed E-state index contributed by atoms with van der Waals surface area (Å²) in [6, 6.07) is 0. The molecule has 0 aliphatic carbocycles. The third-order valence-electron chi connectivity index (χ3n) is 7.22. The molecule has 226 valence electrons. The summed E-state index contributed by atoms with van der Waals surface area (Å²) in [6.45, 7) is 5.11. The third kappa shape index (κ3) is 27.7. The Morgan fingerprint density at radius 1 is 0.500 bits per heavy atom. The van der Waals surface area contributed by atoms with Gasteiger partial charge in [0.15, 0.2) is 0 Å². The van der Waals surface area contributed by atoms with E-state index in [1.54, 1.807) is 0 Å². The Bertz CT molecular complexity index is 514. The molecule has 0 atom stereocenters. The van der Waals surface area contributed by atoms with Gasteiger partial charge in [-0.25, -0.2) is 4.79 Å². The van der Waals surface area contributed by atoms with Gasteiger partial charge in [0.25, 0.3) is 0 Å². The maximum absolute atomic E-state index is 11.9. The highest BCUT2D eigenvalue weighted by Crippen LogP contribution is 2.13. The zero-order chi connectivity index (χ0) is 27.9. The van der Waals surface area contributed by atoms with Gasteiger partial charge < -0.3 is 9.47 Å². The molecule has 0 rings (SSSR count). The number of hydrogen-bond donors (Lipinski definition) is 1. The molecule has 0 saturated carbocycles. The van der Waals surface area contributed by atoms with Gasteiger partial charge in [0, 0.05) is 0 Å². The summed E-state index contributed by atoms with van der Waals surface area (Å²) in [4.78, 5) is 23.7. The van der Waals surface area contributed by atoms with E-state index in [0.717, 1.165) is 32.1 Å². The van der Waals surface area contributed by atoms with Gasteiger partial charge in [0.1, 0.15) is 0 Å². The predicted octanol–water partition coefficient (Wildman–Crippen LogP) is 10.1. The van der Waals surface area contributed by atoms with E-state index in [0.29, 0.717) is 18.3 Å². The van der Waals surface area contributed by atoms with E-state index >= 15 is 0 Å². The van der Waals surface area contributed by atoms with Crippen LogP contribution in [0.15, 0.2) is 0 Å². The first kappa shape index (κ1) is 36.7. The lowest BCUT2D eigenvalue weighted by Gasteiger charge is -2.14. The molecule has 0 spiro atoms. The molecule has 0 bridgehead atoms. The second kappa shape index (κ2) is 30.2. The minimum Gasteiger partial charge on any atom is -0.466 e. The van der Waals surface area contributed by atoms with Crippen molar-refractivity contribution in [2.24, 2.45) is 0 Å². The number of unbranched alkanes of at least 4 members (excludes halogenated alkanes) is 22. The quantitative estimate of drug-likeness (QED) is 0.0441. The first-order valence-corrected chi connectivity index (χ1v) is 16.4. The lowest BCUT2D eigenvalue weighted by Crippen LogP contribution is -2.31. The van der Waals surface area contributed by atoms with E-state index in [1.807, 2.05) is 0 Å². The summed E-state index contributed by atoms with van der Waals surface area (Å²) in [5.41, 5.74) is 0. The molecule has 1 N–H and O–H groups in total. The van der Waals surface area contributed by atoms with Crippen molar-refractivity contribution in [3.8, 4) is 0 Å². The molecule has 0 unspecified atom stereocenters. The third-order valence-corrected chi connectivity index (χ3v) is 7.22. The summed E-state index contributed by atoms with van der Waals surface area (Å²) in [5.74, 6) is -0.388. The topological polar surface area (TPSA) is 76.1 Å². The Morgan fingerprint density at radius 3 is 1.18 bits per heavy atom. The molecule has 0 saturated heterocycles. The first-order valence-electron chi connectivity index (χ1n) is 16.4. The summed E-state index contributed by atoms with van der Waals surface area (Å²) >= 11 is 0. The monoisotopic (exact) mass is 541 g/mol. The molecule has 0 aliphatic heterocycles. The van der Waals surface area contributed by atoms with Gasteiger partial charge in [-0.15, -0.1) is 0 Å². The van der Waals surface area contributed by atoms with Gasteiger partial charge in [0.05, 0.1) is 26.2 Å². The van der Waals surface area contributed by atoms with Crippen LogP contribution in [0.4, 0.5) is 4.79 Å². The molecule has 0 aromatic rings. The van der Waals surface area contributed by atoms with Gasteiger partial charge in [-0.05, 0) is 12.8 Å². The van der Waals surface area contributed by atoms with E-state index in [-0.39, 0.29) is 18.9 Å². The minimum atomic E-state index is -0.791. The Hall–Kier alpha value is -1.30. The van der Waals surface area contributed by atoms with Crippen molar-refractivity contribution < 1.29 is 24.3 Å². The average Bonchev–Trinajstić information content (AvgIpc) is 2.92. The first-order chi connectivity index (χ1) is 18.6. The Kier molecular flexibility index (Phi) is 29.2. The summed E-state index contributed by atoms with van der Waals surface area (Å²) in [5, 5.41) is 10.3. The number of carbonyl (C=O) groups is 2. The fraction of sp³-hybridized carbons (Fsp3) is 0.938. The molecule has 1 amide bonds. The highest BCUT2D eigenvalue weighted by atomic mass is 16.6. The molecule has 0 fully saturated rings.